The van der Waals surface area contributed by atoms with Crippen LogP contribution >= 0.6 is 11.3 Å². The van der Waals surface area contributed by atoms with Gasteiger partial charge in [-0.3, -0.25) is 4.79 Å². The number of carbonyl (C=O) groups excluding carboxylic acids is 1. The van der Waals surface area contributed by atoms with E-state index < -0.39 is 0 Å². The van der Waals surface area contributed by atoms with E-state index in [1.165, 1.54) is 12.8 Å². The molecule has 1 N–H and O–H groups in total. The lowest BCUT2D eigenvalue weighted by Gasteiger charge is -2.29. The number of hydrogen-bond acceptors (Lipinski definition) is 7. The van der Waals surface area contributed by atoms with Crippen LogP contribution in [0.15, 0.2) is 24.3 Å². The third-order valence-corrected chi connectivity index (χ3v) is 6.78. The molecular formula is C20H26N4O2S. The summed E-state index contributed by atoms with van der Waals surface area (Å²) in [5.41, 5.74) is 2.40. The van der Waals surface area contributed by atoms with Crippen LogP contribution in [0.4, 0.5) is 5.69 Å². The van der Waals surface area contributed by atoms with Gasteiger partial charge in [-0.05, 0) is 49.9 Å². The molecule has 27 heavy (non-hydrogen) atoms. The maximum absolute atomic E-state index is 11.7. The Kier molecular flexibility index (Phi) is 5.69. The molecule has 6 nitrogen and oxygen atoms in total. The molecule has 1 aromatic carbocycles. The van der Waals surface area contributed by atoms with Crippen molar-refractivity contribution in [3.63, 3.8) is 0 Å². The van der Waals surface area contributed by atoms with Crippen LogP contribution in [0.25, 0.3) is 10.6 Å². The predicted octanol–water partition coefficient (Wildman–Crippen LogP) is 3.06. The second-order valence-electron chi connectivity index (χ2n) is 7.30. The van der Waals surface area contributed by atoms with Gasteiger partial charge in [-0.15, -0.1) is 10.2 Å². The van der Waals surface area contributed by atoms with Crippen molar-refractivity contribution in [1.82, 2.24) is 15.5 Å². The van der Waals surface area contributed by atoms with Crippen molar-refractivity contribution in [3.05, 3.63) is 29.3 Å². The number of methoxy groups -OCH3 is 1. The zero-order valence-corrected chi connectivity index (χ0v) is 16.5. The minimum absolute atomic E-state index is 0.0520. The first-order chi connectivity index (χ1) is 13.2. The lowest BCUT2D eigenvalue weighted by molar-refractivity contribution is -0.146. The van der Waals surface area contributed by atoms with E-state index in [2.05, 4.69) is 44.7 Å². The third kappa shape index (κ3) is 4.14. The predicted molar refractivity (Wildman–Crippen MR) is 107 cm³/mol. The normalized spacial score (nSPS) is 23.2. The van der Waals surface area contributed by atoms with Gasteiger partial charge in [0.2, 0.25) is 0 Å². The van der Waals surface area contributed by atoms with E-state index in [0.29, 0.717) is 5.92 Å². The van der Waals surface area contributed by atoms with Crippen molar-refractivity contribution in [2.24, 2.45) is 5.92 Å². The largest absolute Gasteiger partial charge is 0.469 e. The van der Waals surface area contributed by atoms with E-state index in [0.717, 1.165) is 67.4 Å². The summed E-state index contributed by atoms with van der Waals surface area (Å²) in [6, 6.07) is 8.66. The highest BCUT2D eigenvalue weighted by atomic mass is 32.1. The molecule has 2 aromatic rings. The van der Waals surface area contributed by atoms with Crippen molar-refractivity contribution >= 4 is 23.0 Å². The van der Waals surface area contributed by atoms with Crippen molar-refractivity contribution in [2.75, 3.05) is 38.2 Å². The highest BCUT2D eigenvalue weighted by molar-refractivity contribution is 7.14. The quantitative estimate of drug-likeness (QED) is 0.815. The fourth-order valence-corrected chi connectivity index (χ4v) is 5.01. The average molecular weight is 387 g/mol. The SMILES string of the molecule is COC(=O)C1CCC(c2nnc(-c3ccc(N4CCNCC4)cc3)s2)CC1. The van der Waals surface area contributed by atoms with E-state index in [1.807, 2.05) is 0 Å². The molecule has 7 heteroatoms. The number of aromatic nitrogens is 2. The standard InChI is InChI=1S/C20H26N4O2S/c1-26-20(25)16-4-2-14(3-5-16)18-22-23-19(27-18)15-6-8-17(9-7-15)24-12-10-21-11-13-24/h6-9,14,16,21H,2-5,10-13H2,1H3. The molecule has 4 rings (SSSR count). The molecule has 0 atom stereocenters. The number of nitrogens with one attached hydrogen (secondary N) is 1. The van der Waals surface area contributed by atoms with Gasteiger partial charge in [0.1, 0.15) is 10.0 Å². The first-order valence-electron chi connectivity index (χ1n) is 9.72. The van der Waals surface area contributed by atoms with Gasteiger partial charge in [0.25, 0.3) is 0 Å². The molecule has 2 heterocycles. The Bertz CT molecular complexity index is 763. The maximum atomic E-state index is 11.7. The molecule has 1 saturated heterocycles. The van der Waals surface area contributed by atoms with Gasteiger partial charge >= 0.3 is 5.97 Å². The Morgan fingerprint density at radius 2 is 1.81 bits per heavy atom. The second-order valence-corrected chi connectivity index (χ2v) is 8.31. The maximum Gasteiger partial charge on any atom is 0.308 e. The van der Waals surface area contributed by atoms with Crippen LogP contribution < -0.4 is 10.2 Å². The van der Waals surface area contributed by atoms with Gasteiger partial charge < -0.3 is 15.0 Å². The number of piperazine rings is 1. The molecule has 2 fully saturated rings. The number of rotatable bonds is 4. The van der Waals surface area contributed by atoms with Crippen molar-refractivity contribution in [1.29, 1.82) is 0 Å². The first-order valence-corrected chi connectivity index (χ1v) is 10.5. The summed E-state index contributed by atoms with van der Waals surface area (Å²) < 4.78 is 4.87. The highest BCUT2D eigenvalue weighted by Crippen LogP contribution is 2.39. The molecule has 1 aromatic heterocycles. The molecule has 0 unspecified atom stereocenters. The van der Waals surface area contributed by atoms with Gasteiger partial charge in [0.15, 0.2) is 0 Å². The number of hydrogen-bond donors (Lipinski definition) is 1. The minimum atomic E-state index is -0.0732. The zero-order valence-electron chi connectivity index (χ0n) is 15.7. The van der Waals surface area contributed by atoms with Gasteiger partial charge in [-0.1, -0.05) is 11.3 Å². The fraction of sp³-hybridized carbons (Fsp3) is 0.550. The fourth-order valence-electron chi connectivity index (χ4n) is 4.00. The topological polar surface area (TPSA) is 67.3 Å². The molecule has 1 aliphatic carbocycles. The Morgan fingerprint density at radius 3 is 2.48 bits per heavy atom. The summed E-state index contributed by atoms with van der Waals surface area (Å²) in [6.07, 6.45) is 3.73. The average Bonchev–Trinajstić information content (AvgIpc) is 3.24. The van der Waals surface area contributed by atoms with E-state index in [4.69, 9.17) is 4.74 Å². The van der Waals surface area contributed by atoms with Crippen LogP contribution in [0.1, 0.15) is 36.6 Å². The van der Waals surface area contributed by atoms with E-state index in [1.54, 1.807) is 11.3 Å². The summed E-state index contributed by atoms with van der Waals surface area (Å²) in [7, 11) is 1.47. The minimum Gasteiger partial charge on any atom is -0.469 e. The number of esters is 1. The first kappa shape index (κ1) is 18.4. The molecule has 0 amide bonds. The van der Waals surface area contributed by atoms with Gasteiger partial charge in [0.05, 0.1) is 13.0 Å². The molecular weight excluding hydrogens is 360 g/mol. The molecule has 2 aliphatic rings. The lowest BCUT2D eigenvalue weighted by atomic mass is 9.82. The lowest BCUT2D eigenvalue weighted by Crippen LogP contribution is -2.43. The van der Waals surface area contributed by atoms with Crippen molar-refractivity contribution in [2.45, 2.75) is 31.6 Å². The number of nitrogens with zero attached hydrogens (tertiary/aromatic N) is 3. The van der Waals surface area contributed by atoms with Crippen LogP contribution in [0.3, 0.4) is 0 Å². The Morgan fingerprint density at radius 1 is 1.11 bits per heavy atom. The van der Waals surface area contributed by atoms with Crippen LogP contribution in [-0.2, 0) is 9.53 Å². The van der Waals surface area contributed by atoms with Gasteiger partial charge in [-0.25, -0.2) is 0 Å². The van der Waals surface area contributed by atoms with Crippen LogP contribution in [0.5, 0.6) is 0 Å². The van der Waals surface area contributed by atoms with E-state index >= 15 is 0 Å². The highest BCUT2D eigenvalue weighted by Gasteiger charge is 2.29. The third-order valence-electron chi connectivity index (χ3n) is 5.65. The number of ether oxygens (including phenoxy) is 1. The summed E-state index contributed by atoms with van der Waals surface area (Å²) in [6.45, 7) is 4.19. The summed E-state index contributed by atoms with van der Waals surface area (Å²) in [5, 5.41) is 14.3. The van der Waals surface area contributed by atoms with Gasteiger partial charge in [0, 0.05) is 43.3 Å². The van der Waals surface area contributed by atoms with Gasteiger partial charge in [-0.2, -0.15) is 0 Å². The van der Waals surface area contributed by atoms with Crippen LogP contribution in [0, 0.1) is 5.92 Å². The second kappa shape index (κ2) is 8.35. The monoisotopic (exact) mass is 386 g/mol. The Hall–Kier alpha value is -1.99. The van der Waals surface area contributed by atoms with E-state index in [-0.39, 0.29) is 11.9 Å². The smallest absolute Gasteiger partial charge is 0.308 e. The van der Waals surface area contributed by atoms with Crippen molar-refractivity contribution < 1.29 is 9.53 Å². The van der Waals surface area contributed by atoms with E-state index in [9.17, 15) is 4.79 Å². The molecule has 144 valence electrons. The molecule has 1 aliphatic heterocycles. The molecule has 1 saturated carbocycles. The number of benzene rings is 1. The molecule has 0 spiro atoms. The number of anilines is 1. The summed E-state index contributed by atoms with van der Waals surface area (Å²) in [4.78, 5) is 14.1. The van der Waals surface area contributed by atoms with Crippen LogP contribution in [0.2, 0.25) is 0 Å². The van der Waals surface area contributed by atoms with Crippen LogP contribution in [-0.4, -0.2) is 49.5 Å². The number of carbonyl (C=O) groups is 1. The van der Waals surface area contributed by atoms with Crippen molar-refractivity contribution in [3.8, 4) is 10.6 Å². The molecule has 0 radical (unpaired) electrons. The Labute approximate surface area is 163 Å². The summed E-state index contributed by atoms with van der Waals surface area (Å²) in [5.74, 6) is 0.393. The zero-order chi connectivity index (χ0) is 18.6. The Balaban J connectivity index is 1.40. The molecule has 0 bridgehead atoms. The summed E-state index contributed by atoms with van der Waals surface area (Å²) >= 11 is 1.69.